The minimum Gasteiger partial charge on any atom is -0.481 e. The second kappa shape index (κ2) is 5.73. The van der Waals surface area contributed by atoms with Crippen LogP contribution in [0.4, 0.5) is 0 Å². The maximum Gasteiger partial charge on any atom is 0.179 e. The Hall–Kier alpha value is -0.860. The molecule has 0 radical (unpaired) electrons. The first-order valence-corrected chi connectivity index (χ1v) is 4.93. The number of hydrogen-bond acceptors (Lipinski definition) is 3. The highest BCUT2D eigenvalue weighted by Gasteiger charge is 1.97. The van der Waals surface area contributed by atoms with Crippen LogP contribution in [0.1, 0.15) is 33.1 Å². The fourth-order valence-electron chi connectivity index (χ4n) is 1.25. The van der Waals surface area contributed by atoms with E-state index in [0.717, 1.165) is 32.0 Å². The second-order valence-corrected chi connectivity index (χ2v) is 3.32. The normalized spacial score (nSPS) is 20.8. The van der Waals surface area contributed by atoms with Crippen molar-refractivity contribution >= 4 is 11.6 Å². The molecule has 0 amide bonds. The molecule has 0 aromatic carbocycles. The molecule has 0 atom stereocenters. The van der Waals surface area contributed by atoms with Gasteiger partial charge in [-0.15, -0.1) is 0 Å². The van der Waals surface area contributed by atoms with E-state index in [9.17, 15) is 0 Å². The van der Waals surface area contributed by atoms with Gasteiger partial charge in [-0.1, -0.05) is 0 Å². The molecule has 2 heterocycles. The second-order valence-electron chi connectivity index (χ2n) is 3.32. The topological polar surface area (TPSA) is 34.0 Å². The van der Waals surface area contributed by atoms with Crippen LogP contribution >= 0.6 is 0 Å². The van der Waals surface area contributed by atoms with Crippen LogP contribution in [0.5, 0.6) is 0 Å². The monoisotopic (exact) mass is 182 g/mol. The van der Waals surface area contributed by atoms with Crippen LogP contribution in [0, 0.1) is 0 Å². The molecule has 74 valence electrons. The summed E-state index contributed by atoms with van der Waals surface area (Å²) in [5.41, 5.74) is 1.33. The average molecular weight is 182 g/mol. The van der Waals surface area contributed by atoms with Crippen molar-refractivity contribution in [2.75, 3.05) is 19.7 Å². The Kier molecular flexibility index (Phi) is 4.50. The summed E-state index contributed by atoms with van der Waals surface area (Å²) < 4.78 is 5.03. The van der Waals surface area contributed by atoms with Gasteiger partial charge in [0.05, 0.1) is 6.61 Å². The Morgan fingerprint density at radius 2 is 1.85 bits per heavy atom. The molecular weight excluding hydrogens is 164 g/mol. The van der Waals surface area contributed by atoms with Gasteiger partial charge >= 0.3 is 0 Å². The van der Waals surface area contributed by atoms with Crippen molar-refractivity contribution in [2.45, 2.75) is 33.1 Å². The summed E-state index contributed by atoms with van der Waals surface area (Å²) in [6.45, 7) is 6.86. The van der Waals surface area contributed by atoms with Gasteiger partial charge in [-0.05, 0) is 19.8 Å². The third kappa shape index (κ3) is 4.65. The Morgan fingerprint density at radius 3 is 2.08 bits per heavy atom. The van der Waals surface area contributed by atoms with Gasteiger partial charge in [-0.25, -0.2) is 0 Å². The molecule has 0 aromatic rings. The van der Waals surface area contributed by atoms with Crippen molar-refractivity contribution in [3.05, 3.63) is 0 Å². The lowest BCUT2D eigenvalue weighted by Crippen LogP contribution is -2.09. The highest BCUT2D eigenvalue weighted by atomic mass is 16.5. The fraction of sp³-hybridized carbons (Fsp3) is 0.800. The minimum absolute atomic E-state index is 0.839. The van der Waals surface area contributed by atoms with Crippen LogP contribution in [0.2, 0.25) is 0 Å². The smallest absolute Gasteiger partial charge is 0.179 e. The van der Waals surface area contributed by atoms with Gasteiger partial charge in [0.1, 0.15) is 0 Å². The van der Waals surface area contributed by atoms with Gasteiger partial charge in [0.2, 0.25) is 0 Å². The highest BCUT2D eigenvalue weighted by molar-refractivity contribution is 5.83. The van der Waals surface area contributed by atoms with Gasteiger partial charge in [-0.3, -0.25) is 9.98 Å². The lowest BCUT2D eigenvalue weighted by atomic mass is 10.3. The zero-order chi connectivity index (χ0) is 9.52. The zero-order valence-electron chi connectivity index (χ0n) is 8.55. The van der Waals surface area contributed by atoms with Crippen molar-refractivity contribution in [1.82, 2.24) is 0 Å². The molecule has 0 unspecified atom stereocenters. The molecule has 13 heavy (non-hydrogen) atoms. The molecule has 0 saturated heterocycles. The van der Waals surface area contributed by atoms with Crippen LogP contribution in [0.25, 0.3) is 0 Å². The molecule has 0 spiro atoms. The number of hydrogen-bond donors (Lipinski definition) is 0. The maximum absolute atomic E-state index is 5.03. The van der Waals surface area contributed by atoms with E-state index in [2.05, 4.69) is 16.9 Å². The molecule has 3 heteroatoms. The molecular formula is C10H18N2O. The SMILES string of the molecule is CC1=NCCC1.CC1=NCCCO1. The molecule has 0 saturated carbocycles. The van der Waals surface area contributed by atoms with E-state index < -0.39 is 0 Å². The van der Waals surface area contributed by atoms with Crippen LogP contribution in [-0.4, -0.2) is 31.3 Å². The van der Waals surface area contributed by atoms with Gasteiger partial charge in [0, 0.05) is 32.1 Å². The summed E-state index contributed by atoms with van der Waals surface area (Å²) in [5, 5.41) is 0. The van der Waals surface area contributed by atoms with Crippen molar-refractivity contribution in [3.63, 3.8) is 0 Å². The lowest BCUT2D eigenvalue weighted by Gasteiger charge is -2.08. The minimum atomic E-state index is 0.839. The van der Waals surface area contributed by atoms with Crippen molar-refractivity contribution in [2.24, 2.45) is 9.98 Å². The van der Waals surface area contributed by atoms with Crippen molar-refractivity contribution in [3.8, 4) is 0 Å². The van der Waals surface area contributed by atoms with Gasteiger partial charge in [-0.2, -0.15) is 0 Å². The molecule has 2 aliphatic heterocycles. The van der Waals surface area contributed by atoms with E-state index >= 15 is 0 Å². The van der Waals surface area contributed by atoms with E-state index in [0.29, 0.717) is 0 Å². The maximum atomic E-state index is 5.03. The molecule has 0 aliphatic carbocycles. The van der Waals surface area contributed by atoms with E-state index in [1.165, 1.54) is 18.6 Å². The first kappa shape index (κ1) is 10.2. The lowest BCUT2D eigenvalue weighted by molar-refractivity contribution is 0.280. The largest absolute Gasteiger partial charge is 0.481 e. The summed E-state index contributed by atoms with van der Waals surface area (Å²) in [6, 6.07) is 0. The summed E-state index contributed by atoms with van der Waals surface area (Å²) >= 11 is 0. The summed E-state index contributed by atoms with van der Waals surface area (Å²) in [4.78, 5) is 8.18. The predicted octanol–water partition coefficient (Wildman–Crippen LogP) is 2.07. The Balaban J connectivity index is 0.000000132. The quantitative estimate of drug-likeness (QED) is 0.564. The van der Waals surface area contributed by atoms with E-state index in [1.807, 2.05) is 6.92 Å². The van der Waals surface area contributed by atoms with E-state index in [-0.39, 0.29) is 0 Å². The van der Waals surface area contributed by atoms with Crippen molar-refractivity contribution in [1.29, 1.82) is 0 Å². The van der Waals surface area contributed by atoms with Crippen LogP contribution < -0.4 is 0 Å². The first-order chi connectivity index (χ1) is 6.29. The van der Waals surface area contributed by atoms with Crippen LogP contribution in [-0.2, 0) is 4.74 Å². The number of nitrogens with zero attached hydrogens (tertiary/aromatic N) is 2. The highest BCUT2D eigenvalue weighted by Crippen LogP contribution is 2.00. The molecule has 2 rings (SSSR count). The van der Waals surface area contributed by atoms with Crippen molar-refractivity contribution < 1.29 is 4.74 Å². The zero-order valence-corrected chi connectivity index (χ0v) is 8.55. The predicted molar refractivity (Wildman–Crippen MR) is 55.8 cm³/mol. The van der Waals surface area contributed by atoms with Gasteiger partial charge < -0.3 is 4.74 Å². The van der Waals surface area contributed by atoms with Crippen LogP contribution in [0.15, 0.2) is 9.98 Å². The average Bonchev–Trinajstić information content (AvgIpc) is 2.58. The Bertz CT molecular complexity index is 209. The number of ether oxygens (including phenoxy) is 1. The third-order valence-electron chi connectivity index (χ3n) is 2.03. The standard InChI is InChI=1S/C5H9NO.C5H9N/c1-5-6-3-2-4-7-5;1-5-3-2-4-6-5/h2-4H2,1H3;2-4H2,1H3. The van der Waals surface area contributed by atoms with E-state index in [1.54, 1.807) is 0 Å². The molecule has 0 bridgehead atoms. The van der Waals surface area contributed by atoms with Gasteiger partial charge in [0.25, 0.3) is 0 Å². The molecule has 3 nitrogen and oxygen atoms in total. The van der Waals surface area contributed by atoms with Crippen LogP contribution in [0.3, 0.4) is 0 Å². The molecule has 0 N–H and O–H groups in total. The molecule has 0 fully saturated rings. The molecule has 2 aliphatic rings. The number of rotatable bonds is 0. The number of aliphatic imine (C=N–C) groups is 2. The Morgan fingerprint density at radius 1 is 1.08 bits per heavy atom. The van der Waals surface area contributed by atoms with Gasteiger partial charge in [0.15, 0.2) is 5.90 Å². The first-order valence-electron chi connectivity index (χ1n) is 4.93. The summed E-state index contributed by atoms with van der Waals surface area (Å²) in [5.74, 6) is 0.839. The Labute approximate surface area is 79.9 Å². The summed E-state index contributed by atoms with van der Waals surface area (Å²) in [7, 11) is 0. The fourth-order valence-corrected chi connectivity index (χ4v) is 1.25. The third-order valence-corrected chi connectivity index (χ3v) is 2.03. The summed E-state index contributed by atoms with van der Waals surface area (Å²) in [6.07, 6.45) is 3.60. The molecule has 0 aromatic heterocycles. The van der Waals surface area contributed by atoms with E-state index in [4.69, 9.17) is 4.74 Å².